The lowest BCUT2D eigenvalue weighted by molar-refractivity contribution is -0.134. The normalized spacial score (nSPS) is 15.0. The van der Waals surface area contributed by atoms with Crippen LogP contribution < -0.4 is 9.47 Å². The summed E-state index contributed by atoms with van der Waals surface area (Å²) >= 11 is 0. The Bertz CT molecular complexity index is 671. The SMILES string of the molecule is COc1ccc(C(=O)N2CCN(C(=O)CC(C)(C)C)CC2)c(OC)c1C. The highest BCUT2D eigenvalue weighted by molar-refractivity contribution is 5.98. The van der Waals surface area contributed by atoms with Crippen LogP contribution in [0.4, 0.5) is 0 Å². The molecule has 0 aliphatic carbocycles. The average Bonchev–Trinajstić information content (AvgIpc) is 2.59. The molecule has 0 N–H and O–H groups in total. The van der Waals surface area contributed by atoms with Gasteiger partial charge in [0, 0.05) is 38.2 Å². The lowest BCUT2D eigenvalue weighted by Crippen LogP contribution is -2.51. The number of piperazine rings is 1. The Morgan fingerprint density at radius 1 is 1.00 bits per heavy atom. The van der Waals surface area contributed by atoms with Gasteiger partial charge in [0.05, 0.1) is 19.8 Å². The summed E-state index contributed by atoms with van der Waals surface area (Å²) in [6.45, 7) is 10.2. The monoisotopic (exact) mass is 362 g/mol. The molecule has 6 nitrogen and oxygen atoms in total. The molecule has 0 spiro atoms. The summed E-state index contributed by atoms with van der Waals surface area (Å²) in [5.74, 6) is 1.31. The van der Waals surface area contributed by atoms with E-state index in [1.54, 1.807) is 31.3 Å². The van der Waals surface area contributed by atoms with Crippen molar-refractivity contribution in [3.05, 3.63) is 23.3 Å². The molecule has 1 aliphatic heterocycles. The molecule has 0 saturated carbocycles. The fourth-order valence-electron chi connectivity index (χ4n) is 3.22. The molecule has 1 fully saturated rings. The molecule has 26 heavy (non-hydrogen) atoms. The zero-order valence-corrected chi connectivity index (χ0v) is 16.7. The van der Waals surface area contributed by atoms with Crippen molar-refractivity contribution in [1.29, 1.82) is 0 Å². The summed E-state index contributed by atoms with van der Waals surface area (Å²) in [4.78, 5) is 28.9. The minimum Gasteiger partial charge on any atom is -0.496 e. The third kappa shape index (κ3) is 4.48. The van der Waals surface area contributed by atoms with Gasteiger partial charge in [0.2, 0.25) is 5.91 Å². The van der Waals surface area contributed by atoms with Gasteiger partial charge in [0.25, 0.3) is 5.91 Å². The van der Waals surface area contributed by atoms with Crippen LogP contribution in [-0.2, 0) is 4.79 Å². The van der Waals surface area contributed by atoms with Crippen molar-refractivity contribution in [1.82, 2.24) is 9.80 Å². The van der Waals surface area contributed by atoms with Crippen molar-refractivity contribution < 1.29 is 19.1 Å². The third-order valence-electron chi connectivity index (χ3n) is 4.61. The molecule has 1 aliphatic rings. The molecule has 1 aromatic carbocycles. The first kappa shape index (κ1) is 20.1. The van der Waals surface area contributed by atoms with Crippen molar-refractivity contribution in [3.63, 3.8) is 0 Å². The van der Waals surface area contributed by atoms with E-state index in [1.165, 1.54) is 0 Å². The number of methoxy groups -OCH3 is 2. The Kier molecular flexibility index (Phi) is 6.16. The fourth-order valence-corrected chi connectivity index (χ4v) is 3.22. The van der Waals surface area contributed by atoms with Crippen LogP contribution in [0.3, 0.4) is 0 Å². The predicted octanol–water partition coefficient (Wildman–Crippen LogP) is 2.73. The maximum Gasteiger partial charge on any atom is 0.257 e. The lowest BCUT2D eigenvalue weighted by atomic mass is 9.91. The Morgan fingerprint density at radius 3 is 2.08 bits per heavy atom. The fraction of sp³-hybridized carbons (Fsp3) is 0.600. The molecular formula is C20H30N2O4. The second kappa shape index (κ2) is 7.98. The van der Waals surface area contributed by atoms with Crippen LogP contribution in [0.5, 0.6) is 11.5 Å². The number of ether oxygens (including phenoxy) is 2. The van der Waals surface area contributed by atoms with Gasteiger partial charge in [-0.3, -0.25) is 9.59 Å². The van der Waals surface area contributed by atoms with Crippen LogP contribution in [0, 0.1) is 12.3 Å². The van der Waals surface area contributed by atoms with Crippen molar-refractivity contribution in [2.75, 3.05) is 40.4 Å². The van der Waals surface area contributed by atoms with Crippen LogP contribution in [-0.4, -0.2) is 62.0 Å². The second-order valence-corrected chi connectivity index (χ2v) is 7.88. The number of rotatable bonds is 4. The summed E-state index contributed by atoms with van der Waals surface area (Å²) in [7, 11) is 3.15. The molecule has 2 amide bonds. The predicted molar refractivity (Wildman–Crippen MR) is 101 cm³/mol. The number of hydrogen-bond acceptors (Lipinski definition) is 4. The highest BCUT2D eigenvalue weighted by atomic mass is 16.5. The van der Waals surface area contributed by atoms with E-state index in [4.69, 9.17) is 9.47 Å². The van der Waals surface area contributed by atoms with Gasteiger partial charge in [-0.05, 0) is 24.5 Å². The highest BCUT2D eigenvalue weighted by Gasteiger charge is 2.28. The maximum atomic E-state index is 12.9. The number of carbonyl (C=O) groups is 2. The molecule has 6 heteroatoms. The summed E-state index contributed by atoms with van der Waals surface area (Å²) in [6.07, 6.45) is 0.520. The minimum absolute atomic E-state index is 0.0297. The van der Waals surface area contributed by atoms with Gasteiger partial charge in [-0.2, -0.15) is 0 Å². The number of carbonyl (C=O) groups excluding carboxylic acids is 2. The standard InChI is InChI=1S/C20H30N2O4/c1-14-16(25-5)8-7-15(18(14)26-6)19(24)22-11-9-21(10-12-22)17(23)13-20(2,3)4/h7-8H,9-13H2,1-6H3. The first-order valence-electron chi connectivity index (χ1n) is 8.96. The largest absolute Gasteiger partial charge is 0.496 e. The first-order chi connectivity index (χ1) is 12.2. The molecule has 0 aromatic heterocycles. The topological polar surface area (TPSA) is 59.1 Å². The summed E-state index contributed by atoms with van der Waals surface area (Å²) < 4.78 is 10.8. The van der Waals surface area contributed by atoms with Gasteiger partial charge in [-0.25, -0.2) is 0 Å². The second-order valence-electron chi connectivity index (χ2n) is 7.88. The average molecular weight is 362 g/mol. The van der Waals surface area contributed by atoms with Crippen LogP contribution in [0.1, 0.15) is 43.1 Å². The van der Waals surface area contributed by atoms with Gasteiger partial charge in [-0.15, -0.1) is 0 Å². The zero-order valence-electron chi connectivity index (χ0n) is 16.7. The van der Waals surface area contributed by atoms with E-state index in [0.29, 0.717) is 49.7 Å². The number of nitrogens with zero attached hydrogens (tertiary/aromatic N) is 2. The minimum atomic E-state index is -0.0736. The molecule has 0 unspecified atom stereocenters. The van der Waals surface area contributed by atoms with Gasteiger partial charge in [0.1, 0.15) is 11.5 Å². The quantitative estimate of drug-likeness (QED) is 0.826. The van der Waals surface area contributed by atoms with Crippen molar-refractivity contribution >= 4 is 11.8 Å². The van der Waals surface area contributed by atoms with Crippen LogP contribution >= 0.6 is 0 Å². The molecule has 1 saturated heterocycles. The van der Waals surface area contributed by atoms with Gasteiger partial charge < -0.3 is 19.3 Å². The molecule has 0 radical (unpaired) electrons. The van der Waals surface area contributed by atoms with Gasteiger partial charge in [-0.1, -0.05) is 20.8 Å². The molecular weight excluding hydrogens is 332 g/mol. The summed E-state index contributed by atoms with van der Waals surface area (Å²) in [5.41, 5.74) is 1.30. The van der Waals surface area contributed by atoms with E-state index in [1.807, 2.05) is 11.8 Å². The van der Waals surface area contributed by atoms with E-state index in [9.17, 15) is 9.59 Å². The van der Waals surface area contributed by atoms with Crippen molar-refractivity contribution in [2.24, 2.45) is 5.41 Å². The number of amides is 2. The molecule has 0 bridgehead atoms. The van der Waals surface area contributed by atoms with Crippen LogP contribution in [0.15, 0.2) is 12.1 Å². The van der Waals surface area contributed by atoms with E-state index in [2.05, 4.69) is 20.8 Å². The number of hydrogen-bond donors (Lipinski definition) is 0. The van der Waals surface area contributed by atoms with Crippen molar-refractivity contribution in [3.8, 4) is 11.5 Å². The Balaban J connectivity index is 2.07. The molecule has 144 valence electrons. The molecule has 2 rings (SSSR count). The molecule has 1 aromatic rings. The molecule has 1 heterocycles. The first-order valence-corrected chi connectivity index (χ1v) is 8.96. The van der Waals surface area contributed by atoms with Crippen LogP contribution in [0.25, 0.3) is 0 Å². The Hall–Kier alpha value is -2.24. The maximum absolute atomic E-state index is 12.9. The summed E-state index contributed by atoms with van der Waals surface area (Å²) in [6, 6.07) is 3.53. The highest BCUT2D eigenvalue weighted by Crippen LogP contribution is 2.32. The zero-order chi connectivity index (χ0) is 19.5. The lowest BCUT2D eigenvalue weighted by Gasteiger charge is -2.36. The van der Waals surface area contributed by atoms with Gasteiger partial charge >= 0.3 is 0 Å². The van der Waals surface area contributed by atoms with E-state index >= 15 is 0 Å². The summed E-state index contributed by atoms with van der Waals surface area (Å²) in [5, 5.41) is 0. The van der Waals surface area contributed by atoms with Crippen LogP contribution in [0.2, 0.25) is 0 Å². The van der Waals surface area contributed by atoms with E-state index in [-0.39, 0.29) is 17.2 Å². The molecule has 0 atom stereocenters. The third-order valence-corrected chi connectivity index (χ3v) is 4.61. The smallest absolute Gasteiger partial charge is 0.257 e. The number of benzene rings is 1. The van der Waals surface area contributed by atoms with Crippen molar-refractivity contribution in [2.45, 2.75) is 34.1 Å². The van der Waals surface area contributed by atoms with E-state index < -0.39 is 0 Å². The van der Waals surface area contributed by atoms with Gasteiger partial charge in [0.15, 0.2) is 0 Å². The Morgan fingerprint density at radius 2 is 1.58 bits per heavy atom. The Labute approximate surface area is 156 Å². The van der Waals surface area contributed by atoms with E-state index in [0.717, 1.165) is 5.56 Å².